The molecular formula is C17H23N3O6. The molecule has 26 heavy (non-hydrogen) atoms. The summed E-state index contributed by atoms with van der Waals surface area (Å²) in [5.74, 6) is 0.0205. The summed E-state index contributed by atoms with van der Waals surface area (Å²) in [4.78, 5) is 37.8. The average molecular weight is 365 g/mol. The van der Waals surface area contributed by atoms with Gasteiger partial charge in [0.15, 0.2) is 0 Å². The zero-order valence-electron chi connectivity index (χ0n) is 15.1. The Hall–Kier alpha value is -2.71. The molecule has 2 rings (SSSR count). The van der Waals surface area contributed by atoms with Gasteiger partial charge in [0, 0.05) is 11.8 Å². The van der Waals surface area contributed by atoms with Crippen LogP contribution in [-0.4, -0.2) is 33.8 Å². The number of imide groups is 1. The van der Waals surface area contributed by atoms with Crippen molar-refractivity contribution in [2.75, 3.05) is 0 Å². The van der Waals surface area contributed by atoms with Crippen molar-refractivity contribution in [3.8, 4) is 0 Å². The molecule has 1 aliphatic carbocycles. The summed E-state index contributed by atoms with van der Waals surface area (Å²) in [7, 11) is 0. The van der Waals surface area contributed by atoms with E-state index in [9.17, 15) is 19.7 Å². The van der Waals surface area contributed by atoms with Crippen molar-refractivity contribution in [1.82, 2.24) is 10.3 Å². The largest absolute Gasteiger partial charge is 0.446 e. The molecule has 0 atom stereocenters. The fourth-order valence-electron chi connectivity index (χ4n) is 2.95. The van der Waals surface area contributed by atoms with Gasteiger partial charge < -0.3 is 9.47 Å². The maximum absolute atomic E-state index is 11.8. The molecule has 0 bridgehead atoms. The monoisotopic (exact) mass is 365 g/mol. The summed E-state index contributed by atoms with van der Waals surface area (Å²) in [6.07, 6.45) is 3.17. The van der Waals surface area contributed by atoms with Gasteiger partial charge in [0.05, 0.1) is 4.92 Å². The summed E-state index contributed by atoms with van der Waals surface area (Å²) in [6.45, 7) is 5.08. The third-order valence-electron chi connectivity index (χ3n) is 4.02. The number of alkyl carbamates (subject to hydrolysis) is 2. The molecule has 0 aromatic carbocycles. The molecule has 9 nitrogen and oxygen atoms in total. The fraction of sp³-hybridized carbons (Fsp3) is 0.588. The fourth-order valence-corrected chi connectivity index (χ4v) is 2.95. The molecule has 1 fully saturated rings. The SMILES string of the molecule is CC(C)(C)OC(=O)NC(=O)OC1CCC(c2ccncc2[N+](=O)[O-])CC1. The molecule has 142 valence electrons. The van der Waals surface area contributed by atoms with Crippen molar-refractivity contribution in [1.29, 1.82) is 0 Å². The van der Waals surface area contributed by atoms with E-state index in [0.717, 1.165) is 0 Å². The molecule has 0 saturated heterocycles. The number of hydrogen-bond donors (Lipinski definition) is 1. The number of carbonyl (C=O) groups excluding carboxylic acids is 2. The van der Waals surface area contributed by atoms with Gasteiger partial charge in [-0.3, -0.25) is 15.1 Å². The lowest BCUT2D eigenvalue weighted by molar-refractivity contribution is -0.386. The number of nitrogens with zero attached hydrogens (tertiary/aromatic N) is 2. The lowest BCUT2D eigenvalue weighted by Crippen LogP contribution is -2.38. The number of hydrogen-bond acceptors (Lipinski definition) is 7. The number of pyridine rings is 1. The molecule has 1 heterocycles. The van der Waals surface area contributed by atoms with Crippen LogP contribution in [0.15, 0.2) is 18.5 Å². The van der Waals surface area contributed by atoms with Crippen LogP contribution in [0.5, 0.6) is 0 Å². The topological polar surface area (TPSA) is 121 Å². The molecule has 0 spiro atoms. The van der Waals surface area contributed by atoms with Gasteiger partial charge >= 0.3 is 12.2 Å². The first-order valence-electron chi connectivity index (χ1n) is 8.44. The molecule has 1 aromatic heterocycles. The Labute approximate surface area is 151 Å². The minimum atomic E-state index is -0.858. The first kappa shape index (κ1) is 19.6. The summed E-state index contributed by atoms with van der Waals surface area (Å²) in [5, 5.41) is 13.2. The standard InChI is InChI=1S/C17H23N3O6/c1-17(2,3)26-16(22)19-15(21)25-12-6-4-11(5-7-12)13-8-9-18-10-14(13)20(23)24/h8-12H,4-7H2,1-3H3,(H,19,21,22). The van der Waals surface area contributed by atoms with Gasteiger partial charge in [0.1, 0.15) is 17.9 Å². The average Bonchev–Trinajstić information content (AvgIpc) is 2.53. The van der Waals surface area contributed by atoms with Crippen molar-refractivity contribution >= 4 is 17.9 Å². The van der Waals surface area contributed by atoms with E-state index in [1.807, 2.05) is 5.32 Å². The smallest absolute Gasteiger partial charge is 0.417 e. The van der Waals surface area contributed by atoms with Gasteiger partial charge in [-0.25, -0.2) is 14.9 Å². The quantitative estimate of drug-likeness (QED) is 0.640. The molecule has 1 saturated carbocycles. The van der Waals surface area contributed by atoms with E-state index < -0.39 is 22.7 Å². The van der Waals surface area contributed by atoms with Crippen LogP contribution in [0.1, 0.15) is 57.9 Å². The third-order valence-corrected chi connectivity index (χ3v) is 4.02. The summed E-state index contributed by atoms with van der Waals surface area (Å²) in [6, 6.07) is 1.67. The Kier molecular flexibility index (Phi) is 6.12. The van der Waals surface area contributed by atoms with E-state index in [1.54, 1.807) is 33.0 Å². The van der Waals surface area contributed by atoms with Gasteiger partial charge in [-0.05, 0) is 58.4 Å². The second-order valence-corrected chi connectivity index (χ2v) is 7.20. The van der Waals surface area contributed by atoms with Crippen LogP contribution < -0.4 is 5.32 Å². The van der Waals surface area contributed by atoms with Crippen molar-refractivity contribution in [3.63, 3.8) is 0 Å². The predicted octanol–water partition coefficient (Wildman–Crippen LogP) is 3.68. The van der Waals surface area contributed by atoms with Gasteiger partial charge in [0.25, 0.3) is 5.69 Å². The van der Waals surface area contributed by atoms with E-state index in [0.29, 0.717) is 31.2 Å². The van der Waals surface area contributed by atoms with Crippen molar-refractivity contribution in [2.24, 2.45) is 0 Å². The van der Waals surface area contributed by atoms with E-state index in [4.69, 9.17) is 9.47 Å². The molecule has 2 amide bonds. The number of amides is 2. The van der Waals surface area contributed by atoms with Gasteiger partial charge in [-0.15, -0.1) is 0 Å². The van der Waals surface area contributed by atoms with Crippen molar-refractivity contribution in [3.05, 3.63) is 34.1 Å². The number of ether oxygens (including phenoxy) is 2. The lowest BCUT2D eigenvalue weighted by atomic mass is 9.82. The number of nitro groups is 1. The minimum absolute atomic E-state index is 0.0135. The Morgan fingerprint density at radius 3 is 2.46 bits per heavy atom. The second-order valence-electron chi connectivity index (χ2n) is 7.20. The van der Waals surface area contributed by atoms with E-state index >= 15 is 0 Å². The lowest BCUT2D eigenvalue weighted by Gasteiger charge is -2.28. The predicted molar refractivity (Wildman–Crippen MR) is 91.7 cm³/mol. The number of aromatic nitrogens is 1. The third kappa shape index (κ3) is 5.68. The van der Waals surface area contributed by atoms with Gasteiger partial charge in [-0.2, -0.15) is 0 Å². The van der Waals surface area contributed by atoms with Crippen LogP contribution in [0, 0.1) is 10.1 Å². The Bertz CT molecular complexity index is 677. The molecular weight excluding hydrogens is 342 g/mol. The highest BCUT2D eigenvalue weighted by Gasteiger charge is 2.29. The highest BCUT2D eigenvalue weighted by Crippen LogP contribution is 2.37. The summed E-state index contributed by atoms with van der Waals surface area (Å²) in [5.41, 5.74) is -0.0389. The first-order chi connectivity index (χ1) is 12.2. The van der Waals surface area contributed by atoms with Crippen LogP contribution in [0.4, 0.5) is 15.3 Å². The molecule has 1 aromatic rings. The zero-order valence-corrected chi connectivity index (χ0v) is 15.1. The molecule has 1 aliphatic rings. The zero-order chi connectivity index (χ0) is 19.3. The van der Waals surface area contributed by atoms with Gasteiger partial charge in [-0.1, -0.05) is 0 Å². The highest BCUT2D eigenvalue weighted by molar-refractivity contribution is 5.87. The Morgan fingerprint density at radius 1 is 1.23 bits per heavy atom. The van der Waals surface area contributed by atoms with E-state index in [2.05, 4.69) is 4.98 Å². The van der Waals surface area contributed by atoms with Crippen molar-refractivity contribution < 1.29 is 24.0 Å². The van der Waals surface area contributed by atoms with Gasteiger partial charge in [0.2, 0.25) is 0 Å². The molecule has 9 heteroatoms. The minimum Gasteiger partial charge on any atom is -0.446 e. The van der Waals surface area contributed by atoms with Crippen LogP contribution in [-0.2, 0) is 9.47 Å². The number of carbonyl (C=O) groups is 2. The Balaban J connectivity index is 1.84. The van der Waals surface area contributed by atoms with Crippen LogP contribution >= 0.6 is 0 Å². The van der Waals surface area contributed by atoms with Crippen LogP contribution in [0.3, 0.4) is 0 Å². The van der Waals surface area contributed by atoms with Crippen LogP contribution in [0.25, 0.3) is 0 Å². The molecule has 0 aliphatic heterocycles. The number of nitrogens with one attached hydrogen (secondary N) is 1. The highest BCUT2D eigenvalue weighted by atomic mass is 16.6. The maximum atomic E-state index is 11.8. The summed E-state index contributed by atoms with van der Waals surface area (Å²) < 4.78 is 10.2. The molecule has 0 radical (unpaired) electrons. The van der Waals surface area contributed by atoms with Crippen molar-refractivity contribution in [2.45, 2.75) is 64.1 Å². The normalized spacial score (nSPS) is 20.1. The van der Waals surface area contributed by atoms with Crippen LogP contribution in [0.2, 0.25) is 0 Å². The van der Waals surface area contributed by atoms with E-state index in [1.165, 1.54) is 6.20 Å². The maximum Gasteiger partial charge on any atom is 0.417 e. The van der Waals surface area contributed by atoms with E-state index in [-0.39, 0.29) is 17.7 Å². The Morgan fingerprint density at radius 2 is 1.88 bits per heavy atom. The number of rotatable bonds is 3. The molecule has 1 N–H and O–H groups in total. The first-order valence-corrected chi connectivity index (χ1v) is 8.44. The second kappa shape index (κ2) is 8.11. The molecule has 0 unspecified atom stereocenters. The summed E-state index contributed by atoms with van der Waals surface area (Å²) >= 11 is 0.